The van der Waals surface area contributed by atoms with Gasteiger partial charge in [-0.2, -0.15) is 4.31 Å². The van der Waals surface area contributed by atoms with Crippen LogP contribution in [0.1, 0.15) is 19.8 Å². The monoisotopic (exact) mass is 415 g/mol. The summed E-state index contributed by atoms with van der Waals surface area (Å²) in [6.45, 7) is 3.16. The second-order valence-corrected chi connectivity index (χ2v) is 9.10. The summed E-state index contributed by atoms with van der Waals surface area (Å²) in [7, 11) is -3.65. The third kappa shape index (κ3) is 3.82. The fraction of sp³-hybridized carbons (Fsp3) is 0.381. The molecule has 0 radical (unpaired) electrons. The van der Waals surface area contributed by atoms with Gasteiger partial charge in [0.1, 0.15) is 16.7 Å². The van der Waals surface area contributed by atoms with Crippen molar-refractivity contribution in [2.45, 2.75) is 36.8 Å². The first-order chi connectivity index (χ1) is 14.0. The first-order valence-electron chi connectivity index (χ1n) is 9.89. The van der Waals surface area contributed by atoms with E-state index < -0.39 is 10.0 Å². The lowest BCUT2D eigenvalue weighted by Gasteiger charge is -2.30. The number of benzene rings is 2. The van der Waals surface area contributed by atoms with Crippen LogP contribution in [0.15, 0.2) is 59.5 Å². The molecule has 8 heteroatoms. The Balaban J connectivity index is 1.57. The van der Waals surface area contributed by atoms with Crippen LogP contribution < -0.4 is 10.1 Å². The predicted molar refractivity (Wildman–Crippen MR) is 110 cm³/mol. The van der Waals surface area contributed by atoms with E-state index in [4.69, 9.17) is 4.74 Å². The van der Waals surface area contributed by atoms with Gasteiger partial charge in [-0.15, -0.1) is 0 Å². The van der Waals surface area contributed by atoms with Crippen molar-refractivity contribution in [3.05, 3.63) is 54.6 Å². The van der Waals surface area contributed by atoms with Gasteiger partial charge in [-0.05, 0) is 30.7 Å². The number of nitrogens with one attached hydrogen (secondary N) is 1. The van der Waals surface area contributed by atoms with Gasteiger partial charge in [-0.3, -0.25) is 0 Å². The number of rotatable bonds is 2. The van der Waals surface area contributed by atoms with Gasteiger partial charge in [-0.1, -0.05) is 37.3 Å². The van der Waals surface area contributed by atoms with E-state index in [1.807, 2.05) is 37.3 Å². The number of urea groups is 1. The fourth-order valence-electron chi connectivity index (χ4n) is 4.09. The molecule has 0 bridgehead atoms. The van der Waals surface area contributed by atoms with Gasteiger partial charge in [0.25, 0.3) is 0 Å². The van der Waals surface area contributed by atoms with Crippen LogP contribution >= 0.6 is 0 Å². The third-order valence-corrected chi connectivity index (χ3v) is 7.55. The maximum Gasteiger partial charge on any atom is 0.321 e. The predicted octanol–water partition coefficient (Wildman–Crippen LogP) is 3.15. The topological polar surface area (TPSA) is 79.0 Å². The molecule has 2 aromatic carbocycles. The summed E-state index contributed by atoms with van der Waals surface area (Å²) in [6.07, 6.45) is 0.782. The number of sulfonamides is 1. The highest BCUT2D eigenvalue weighted by Crippen LogP contribution is 2.36. The summed E-state index contributed by atoms with van der Waals surface area (Å²) in [5.41, 5.74) is 0.735. The number of carbonyl (C=O) groups excluding carboxylic acids is 1. The molecule has 7 nitrogen and oxygen atoms in total. The highest BCUT2D eigenvalue weighted by atomic mass is 32.2. The van der Waals surface area contributed by atoms with Crippen LogP contribution in [-0.2, 0) is 10.0 Å². The van der Waals surface area contributed by atoms with E-state index in [-0.39, 0.29) is 23.1 Å². The second-order valence-electron chi connectivity index (χ2n) is 7.24. The van der Waals surface area contributed by atoms with Crippen LogP contribution in [-0.4, -0.2) is 55.4 Å². The minimum absolute atomic E-state index is 0.182. The molecule has 2 amide bonds. The highest BCUT2D eigenvalue weighted by Gasteiger charge is 2.42. The van der Waals surface area contributed by atoms with E-state index in [2.05, 4.69) is 5.32 Å². The molecule has 0 saturated carbocycles. The molecule has 2 heterocycles. The zero-order valence-corrected chi connectivity index (χ0v) is 17.1. The van der Waals surface area contributed by atoms with E-state index >= 15 is 0 Å². The minimum Gasteiger partial charge on any atom is -0.487 e. The number of anilines is 1. The van der Waals surface area contributed by atoms with Gasteiger partial charge >= 0.3 is 6.03 Å². The number of fused-ring (bicyclic) bond motifs is 2. The fourth-order valence-corrected chi connectivity index (χ4v) is 5.90. The van der Waals surface area contributed by atoms with Crippen LogP contribution in [0.3, 0.4) is 0 Å². The van der Waals surface area contributed by atoms with Crippen molar-refractivity contribution in [3.63, 3.8) is 0 Å². The van der Waals surface area contributed by atoms with Gasteiger partial charge in [0.15, 0.2) is 0 Å². The molecule has 0 aromatic heterocycles. The number of hydrogen-bond donors (Lipinski definition) is 1. The molecular formula is C21H25N3O4S. The quantitative estimate of drug-likeness (QED) is 0.817. The number of amides is 2. The average Bonchev–Trinajstić information content (AvgIpc) is 2.96. The molecule has 2 aromatic rings. The number of para-hydroxylation sites is 2. The average molecular weight is 416 g/mol. The first kappa shape index (κ1) is 19.7. The van der Waals surface area contributed by atoms with Crippen molar-refractivity contribution in [3.8, 4) is 5.75 Å². The number of nitrogens with zero attached hydrogens (tertiary/aromatic N) is 2. The molecule has 1 fully saturated rings. The lowest BCUT2D eigenvalue weighted by atomic mass is 10.1. The molecule has 1 N–H and O–H groups in total. The lowest BCUT2D eigenvalue weighted by Crippen LogP contribution is -2.47. The summed E-state index contributed by atoms with van der Waals surface area (Å²) >= 11 is 0. The number of likely N-dealkylation sites (tertiary alicyclic amines) is 1. The summed E-state index contributed by atoms with van der Waals surface area (Å²) in [5, 5.41) is 2.90. The van der Waals surface area contributed by atoms with Crippen LogP contribution in [0.5, 0.6) is 5.75 Å². The van der Waals surface area contributed by atoms with E-state index in [0.717, 1.165) is 5.69 Å². The van der Waals surface area contributed by atoms with Crippen molar-refractivity contribution in [2.24, 2.45) is 0 Å². The number of ether oxygens (including phenoxy) is 1. The molecule has 4 rings (SSSR count). The normalized spacial score (nSPS) is 23.7. The zero-order valence-electron chi connectivity index (χ0n) is 16.3. The largest absolute Gasteiger partial charge is 0.487 e. The Labute approximate surface area is 171 Å². The summed E-state index contributed by atoms with van der Waals surface area (Å²) in [5.74, 6) is 0.389. The van der Waals surface area contributed by atoms with Crippen molar-refractivity contribution in [2.75, 3.05) is 25.0 Å². The van der Waals surface area contributed by atoms with Crippen LogP contribution in [0.25, 0.3) is 0 Å². The van der Waals surface area contributed by atoms with Crippen LogP contribution in [0, 0.1) is 0 Å². The Morgan fingerprint density at radius 2 is 1.76 bits per heavy atom. The van der Waals surface area contributed by atoms with Gasteiger partial charge in [0.2, 0.25) is 10.0 Å². The maximum atomic E-state index is 13.2. The molecule has 2 aliphatic heterocycles. The van der Waals surface area contributed by atoms with Gasteiger partial charge in [0.05, 0.1) is 6.04 Å². The summed E-state index contributed by atoms with van der Waals surface area (Å²) < 4.78 is 34.2. The molecule has 0 aliphatic carbocycles. The molecular weight excluding hydrogens is 390 g/mol. The Hall–Kier alpha value is -2.58. The Bertz CT molecular complexity index is 980. The molecule has 2 atom stereocenters. The minimum atomic E-state index is -3.65. The van der Waals surface area contributed by atoms with E-state index in [9.17, 15) is 13.2 Å². The Kier molecular flexibility index (Phi) is 5.47. The van der Waals surface area contributed by atoms with E-state index in [1.54, 1.807) is 29.2 Å². The second kappa shape index (κ2) is 8.04. The molecule has 1 saturated heterocycles. The van der Waals surface area contributed by atoms with Crippen molar-refractivity contribution < 1.29 is 17.9 Å². The van der Waals surface area contributed by atoms with Crippen LogP contribution in [0.2, 0.25) is 0 Å². The summed E-state index contributed by atoms with van der Waals surface area (Å²) in [6, 6.07) is 15.6. The maximum absolute atomic E-state index is 13.2. The standard InChI is InChI=1S/C21H25N3O4S/c1-2-24-17-12-14-23(21(25)22-16-8-4-3-5-9-16)15-13-18(17)28-19-10-6-7-11-20(19)29(24,26)27/h3-11,17-18H,2,12-15H2,1H3,(H,22,25)/t17-,18-/m1/s1. The zero-order chi connectivity index (χ0) is 20.4. The molecule has 0 unspecified atom stereocenters. The highest BCUT2D eigenvalue weighted by molar-refractivity contribution is 7.89. The third-order valence-electron chi connectivity index (χ3n) is 5.52. The van der Waals surface area contributed by atoms with Gasteiger partial charge < -0.3 is 15.0 Å². The van der Waals surface area contributed by atoms with Crippen molar-refractivity contribution in [1.82, 2.24) is 9.21 Å². The summed E-state index contributed by atoms with van der Waals surface area (Å²) in [4.78, 5) is 14.7. The SMILES string of the molecule is CCN1[C@@H]2CCN(C(=O)Nc3ccccc3)CC[C@H]2Oc2ccccc2S1(=O)=O. The van der Waals surface area contributed by atoms with Crippen molar-refractivity contribution >= 4 is 21.7 Å². The van der Waals surface area contributed by atoms with E-state index in [0.29, 0.717) is 38.2 Å². The van der Waals surface area contributed by atoms with E-state index in [1.165, 1.54) is 4.31 Å². The molecule has 154 valence electrons. The number of carbonyl (C=O) groups is 1. The lowest BCUT2D eigenvalue weighted by molar-refractivity contribution is 0.115. The first-order valence-corrected chi connectivity index (χ1v) is 11.3. The van der Waals surface area contributed by atoms with Gasteiger partial charge in [0, 0.05) is 31.7 Å². The van der Waals surface area contributed by atoms with Gasteiger partial charge in [-0.25, -0.2) is 13.2 Å². The van der Waals surface area contributed by atoms with Crippen molar-refractivity contribution in [1.29, 1.82) is 0 Å². The number of hydrogen-bond acceptors (Lipinski definition) is 4. The molecule has 29 heavy (non-hydrogen) atoms. The van der Waals surface area contributed by atoms with Crippen LogP contribution in [0.4, 0.5) is 10.5 Å². The Morgan fingerprint density at radius 3 is 2.52 bits per heavy atom. The molecule has 0 spiro atoms. The number of likely N-dealkylation sites (N-methyl/N-ethyl adjacent to an activating group) is 1. The Morgan fingerprint density at radius 1 is 1.07 bits per heavy atom. The smallest absolute Gasteiger partial charge is 0.321 e. The molecule has 2 aliphatic rings.